The van der Waals surface area contributed by atoms with Crippen LogP contribution in [0.4, 0.5) is 9.52 Å². The molecule has 0 aliphatic heterocycles. The molecule has 0 spiro atoms. The normalized spacial score (nSPS) is 10.9. The minimum Gasteiger partial charge on any atom is -0.365 e. The Kier molecular flexibility index (Phi) is 2.45. The molecule has 0 unspecified atom stereocenters. The fraction of sp³-hybridized carbons (Fsp3) is 0.222. The lowest BCUT2D eigenvalue weighted by molar-refractivity contribution is 0.614. The first-order valence-corrected chi connectivity index (χ1v) is 5.67. The maximum Gasteiger partial charge on any atom is 0.183 e. The molecule has 0 saturated heterocycles. The van der Waals surface area contributed by atoms with Gasteiger partial charge in [-0.3, -0.25) is 0 Å². The van der Waals surface area contributed by atoms with Crippen LogP contribution in [0, 0.1) is 12.7 Å². The summed E-state index contributed by atoms with van der Waals surface area (Å²) in [6, 6.07) is 1.81. The monoisotopic (exact) mass is 274 g/mol. The van der Waals surface area contributed by atoms with E-state index in [0.717, 1.165) is 9.83 Å². The lowest BCUT2D eigenvalue weighted by atomic mass is 10.2. The van der Waals surface area contributed by atoms with Crippen molar-refractivity contribution >= 4 is 42.6 Å². The van der Waals surface area contributed by atoms with Gasteiger partial charge in [-0.1, -0.05) is 11.3 Å². The number of nitrogens with one attached hydrogen (secondary N) is 1. The Morgan fingerprint density at radius 2 is 2.29 bits per heavy atom. The number of thiazole rings is 1. The molecule has 0 bridgehead atoms. The SMILES string of the molecule is CNc1nc2c(Br)c(F)c(C)cc2s1. The number of aryl methyl sites for hydroxylation is 1. The number of fused-ring (bicyclic) bond motifs is 1. The summed E-state index contributed by atoms with van der Waals surface area (Å²) in [4.78, 5) is 4.25. The fourth-order valence-corrected chi connectivity index (χ4v) is 2.90. The van der Waals surface area contributed by atoms with Crippen LogP contribution < -0.4 is 5.32 Å². The van der Waals surface area contributed by atoms with Gasteiger partial charge in [-0.05, 0) is 34.5 Å². The largest absolute Gasteiger partial charge is 0.365 e. The third-order valence-corrected chi connectivity index (χ3v) is 3.71. The van der Waals surface area contributed by atoms with E-state index in [2.05, 4.69) is 26.2 Å². The summed E-state index contributed by atoms with van der Waals surface area (Å²) in [5.41, 5.74) is 1.32. The summed E-state index contributed by atoms with van der Waals surface area (Å²) in [7, 11) is 1.80. The summed E-state index contributed by atoms with van der Waals surface area (Å²) in [6.07, 6.45) is 0. The molecule has 0 aliphatic carbocycles. The van der Waals surface area contributed by atoms with Gasteiger partial charge in [-0.2, -0.15) is 0 Å². The summed E-state index contributed by atoms with van der Waals surface area (Å²) < 4.78 is 14.9. The highest BCUT2D eigenvalue weighted by Crippen LogP contribution is 2.34. The van der Waals surface area contributed by atoms with Crippen LogP contribution in [0.5, 0.6) is 0 Å². The third kappa shape index (κ3) is 1.40. The Bertz CT molecular complexity index is 495. The zero-order valence-electron chi connectivity index (χ0n) is 7.69. The highest BCUT2D eigenvalue weighted by atomic mass is 79.9. The zero-order chi connectivity index (χ0) is 10.3. The number of hydrogen-bond acceptors (Lipinski definition) is 3. The van der Waals surface area contributed by atoms with Gasteiger partial charge < -0.3 is 5.32 Å². The zero-order valence-corrected chi connectivity index (χ0v) is 10.1. The van der Waals surface area contributed by atoms with Crippen LogP contribution >= 0.6 is 27.3 Å². The van der Waals surface area contributed by atoms with Crippen LogP contribution in [0.1, 0.15) is 5.56 Å². The smallest absolute Gasteiger partial charge is 0.183 e. The molecule has 1 aromatic carbocycles. The van der Waals surface area contributed by atoms with Gasteiger partial charge in [0.25, 0.3) is 0 Å². The van der Waals surface area contributed by atoms with Crippen molar-refractivity contribution in [1.29, 1.82) is 0 Å². The number of rotatable bonds is 1. The van der Waals surface area contributed by atoms with Crippen LogP contribution in [-0.2, 0) is 0 Å². The third-order valence-electron chi connectivity index (χ3n) is 1.96. The summed E-state index contributed by atoms with van der Waals surface area (Å²) >= 11 is 4.73. The quantitative estimate of drug-likeness (QED) is 0.860. The molecule has 2 aromatic rings. The van der Waals surface area contributed by atoms with Crippen molar-refractivity contribution < 1.29 is 4.39 Å². The van der Waals surface area contributed by atoms with Gasteiger partial charge in [0, 0.05) is 7.05 Å². The Morgan fingerprint density at radius 3 is 2.93 bits per heavy atom. The number of halogens is 2. The average Bonchev–Trinajstić information content (AvgIpc) is 2.57. The Hall–Kier alpha value is -0.680. The van der Waals surface area contributed by atoms with Gasteiger partial charge in [0.15, 0.2) is 5.13 Å². The lowest BCUT2D eigenvalue weighted by Crippen LogP contribution is -1.86. The standard InChI is InChI=1S/C9H8BrFN2S/c1-4-3-5-8(6(10)7(4)11)13-9(12-2)14-5/h3H,1-2H3,(H,12,13). The van der Waals surface area contributed by atoms with Crippen molar-refractivity contribution in [2.45, 2.75) is 6.92 Å². The van der Waals surface area contributed by atoms with Crippen LogP contribution in [0.3, 0.4) is 0 Å². The van der Waals surface area contributed by atoms with Crippen LogP contribution in [0.15, 0.2) is 10.5 Å². The first-order valence-electron chi connectivity index (χ1n) is 4.06. The molecule has 2 nitrogen and oxygen atoms in total. The fourth-order valence-electron chi connectivity index (χ4n) is 1.23. The molecular weight excluding hydrogens is 267 g/mol. The van der Waals surface area contributed by atoms with Crippen molar-refractivity contribution in [3.63, 3.8) is 0 Å². The molecule has 0 fully saturated rings. The highest BCUT2D eigenvalue weighted by molar-refractivity contribution is 9.10. The topological polar surface area (TPSA) is 24.9 Å². The van der Waals surface area contributed by atoms with Crippen molar-refractivity contribution in [1.82, 2.24) is 4.98 Å². The Labute approximate surface area is 93.3 Å². The molecule has 0 amide bonds. The maximum atomic E-state index is 13.5. The second-order valence-electron chi connectivity index (χ2n) is 2.94. The lowest BCUT2D eigenvalue weighted by Gasteiger charge is -1.98. The molecule has 0 saturated carbocycles. The molecule has 1 aromatic heterocycles. The van der Waals surface area contributed by atoms with Gasteiger partial charge in [0.2, 0.25) is 0 Å². The summed E-state index contributed by atoms with van der Waals surface area (Å²) in [5.74, 6) is -0.231. The first kappa shape index (κ1) is 9.86. The number of aromatic nitrogens is 1. The predicted octanol–water partition coefficient (Wildman–Crippen LogP) is 3.55. The molecule has 0 aliphatic rings. The Morgan fingerprint density at radius 1 is 1.57 bits per heavy atom. The molecule has 0 radical (unpaired) electrons. The van der Waals surface area contributed by atoms with E-state index in [0.29, 0.717) is 15.6 Å². The van der Waals surface area contributed by atoms with Crippen molar-refractivity contribution in [3.8, 4) is 0 Å². The molecule has 1 N–H and O–H groups in total. The second kappa shape index (κ2) is 3.47. The van der Waals surface area contributed by atoms with Crippen molar-refractivity contribution in [2.75, 3.05) is 12.4 Å². The summed E-state index contributed by atoms with van der Waals surface area (Å²) in [5, 5.41) is 3.74. The van der Waals surface area contributed by atoms with E-state index in [1.165, 1.54) is 11.3 Å². The predicted molar refractivity (Wildman–Crippen MR) is 61.6 cm³/mol. The average molecular weight is 275 g/mol. The van der Waals surface area contributed by atoms with E-state index in [1.807, 2.05) is 6.07 Å². The van der Waals surface area contributed by atoms with E-state index in [4.69, 9.17) is 0 Å². The molecule has 2 rings (SSSR count). The van der Waals surface area contributed by atoms with Gasteiger partial charge in [0.1, 0.15) is 11.3 Å². The van der Waals surface area contributed by atoms with Crippen LogP contribution in [-0.4, -0.2) is 12.0 Å². The first-order chi connectivity index (χ1) is 6.63. The number of anilines is 1. The molecule has 0 atom stereocenters. The maximum absolute atomic E-state index is 13.5. The van der Waals surface area contributed by atoms with Gasteiger partial charge in [-0.15, -0.1) is 0 Å². The molecular formula is C9H8BrFN2S. The minimum absolute atomic E-state index is 0.231. The molecule has 5 heteroatoms. The molecule has 14 heavy (non-hydrogen) atoms. The van der Waals surface area contributed by atoms with E-state index in [1.54, 1.807) is 14.0 Å². The van der Waals surface area contributed by atoms with Crippen molar-refractivity contribution in [2.24, 2.45) is 0 Å². The number of hydrogen-bond donors (Lipinski definition) is 1. The van der Waals surface area contributed by atoms with Gasteiger partial charge in [0.05, 0.1) is 9.17 Å². The van der Waals surface area contributed by atoms with Crippen molar-refractivity contribution in [3.05, 3.63) is 21.9 Å². The summed E-state index contributed by atoms with van der Waals surface area (Å²) in [6.45, 7) is 1.75. The number of nitrogens with zero attached hydrogens (tertiary/aromatic N) is 1. The van der Waals surface area contributed by atoms with Gasteiger partial charge >= 0.3 is 0 Å². The highest BCUT2D eigenvalue weighted by Gasteiger charge is 2.12. The van der Waals surface area contributed by atoms with E-state index < -0.39 is 0 Å². The second-order valence-corrected chi connectivity index (χ2v) is 4.76. The molecule has 1 heterocycles. The molecule has 74 valence electrons. The van der Waals surface area contributed by atoms with E-state index in [-0.39, 0.29) is 5.82 Å². The van der Waals surface area contributed by atoms with Gasteiger partial charge in [-0.25, -0.2) is 9.37 Å². The van der Waals surface area contributed by atoms with E-state index in [9.17, 15) is 4.39 Å². The van der Waals surface area contributed by atoms with Crippen LogP contribution in [0.2, 0.25) is 0 Å². The minimum atomic E-state index is -0.231. The van der Waals surface area contributed by atoms with Crippen LogP contribution in [0.25, 0.3) is 10.2 Å². The number of benzene rings is 1. The Balaban J connectivity index is 2.81. The van der Waals surface area contributed by atoms with E-state index >= 15 is 0 Å².